The monoisotopic (exact) mass is 482 g/mol. The summed E-state index contributed by atoms with van der Waals surface area (Å²) in [5.74, 6) is 3.26. The van der Waals surface area contributed by atoms with Gasteiger partial charge in [-0.05, 0) is 55.6 Å². The highest BCUT2D eigenvalue weighted by atomic mass is 35.5. The van der Waals surface area contributed by atoms with Crippen LogP contribution in [0.4, 0.5) is 0 Å². The maximum atomic E-state index is 14.3. The van der Waals surface area contributed by atoms with Gasteiger partial charge in [0.1, 0.15) is 5.92 Å². The Hall–Kier alpha value is -2.24. The summed E-state index contributed by atoms with van der Waals surface area (Å²) in [5.41, 5.74) is 2.44. The molecule has 2 aromatic carbocycles. The molecule has 4 atom stereocenters. The first kappa shape index (κ1) is 23.5. The van der Waals surface area contributed by atoms with Crippen molar-refractivity contribution in [1.29, 1.82) is 0 Å². The molecule has 5 nitrogen and oxygen atoms in total. The molecule has 34 heavy (non-hydrogen) atoms. The number of carbonyl (C=O) groups excluding carboxylic acids is 1. The predicted octanol–water partition coefficient (Wildman–Crippen LogP) is 0.0975. The van der Waals surface area contributed by atoms with E-state index in [-0.39, 0.29) is 23.7 Å². The van der Waals surface area contributed by atoms with Gasteiger partial charge in [-0.2, -0.15) is 0 Å². The van der Waals surface area contributed by atoms with Crippen LogP contribution in [0.5, 0.6) is 11.5 Å². The van der Waals surface area contributed by atoms with Crippen molar-refractivity contribution >= 4 is 5.91 Å². The average molecular weight is 483 g/mol. The first-order valence-electron chi connectivity index (χ1n) is 12.7. The minimum atomic E-state index is -0.163. The fraction of sp³-hybridized carbons (Fsp3) is 0.536. The summed E-state index contributed by atoms with van der Waals surface area (Å²) in [5, 5.41) is 2.35. The summed E-state index contributed by atoms with van der Waals surface area (Å²) < 4.78 is 11.7. The molecule has 1 aliphatic carbocycles. The molecule has 1 spiro atoms. The van der Waals surface area contributed by atoms with Crippen molar-refractivity contribution in [2.75, 3.05) is 33.4 Å². The summed E-state index contributed by atoms with van der Waals surface area (Å²) in [7, 11) is 1.70. The van der Waals surface area contributed by atoms with E-state index in [1.54, 1.807) is 7.11 Å². The lowest BCUT2D eigenvalue weighted by Crippen LogP contribution is -3.00. The van der Waals surface area contributed by atoms with E-state index in [9.17, 15) is 4.79 Å². The fourth-order valence-electron chi connectivity index (χ4n) is 6.90. The highest BCUT2D eigenvalue weighted by Crippen LogP contribution is 2.50. The standard InChI is InChI=1S/C28H34N2O3.ClH/c1-32-25-9-5-8-22-26(25)33-15-13-28(22)18-29-17-23(28)27(31)30-14-12-21(16-24(30)20-10-11-20)19-6-3-2-4-7-19;/h2-9,20-21,23-24,29H,10-18H2,1H3;1H/t21-,23+,24+,28+;/m1./s1. The fourth-order valence-corrected chi connectivity index (χ4v) is 6.90. The lowest BCUT2D eigenvalue weighted by Gasteiger charge is -2.44. The van der Waals surface area contributed by atoms with Crippen LogP contribution in [0.2, 0.25) is 0 Å². The van der Waals surface area contributed by atoms with E-state index < -0.39 is 0 Å². The van der Waals surface area contributed by atoms with Crippen molar-refractivity contribution in [2.24, 2.45) is 11.8 Å². The SMILES string of the molecule is COc1cccc2c1OCC[C@]21C[NH2+]C[C@H]1C(=O)N1CC[C@@H](c2ccccc2)C[C@H]1C1CC1.[Cl-]. The topological polar surface area (TPSA) is 55.4 Å². The Bertz CT molecular complexity index is 1030. The zero-order valence-corrected chi connectivity index (χ0v) is 20.7. The molecule has 2 saturated heterocycles. The molecule has 0 bridgehead atoms. The summed E-state index contributed by atoms with van der Waals surface area (Å²) >= 11 is 0. The summed E-state index contributed by atoms with van der Waals surface area (Å²) in [6.07, 6.45) is 5.61. The maximum absolute atomic E-state index is 14.3. The van der Waals surface area contributed by atoms with Gasteiger partial charge in [0.15, 0.2) is 11.5 Å². The summed E-state index contributed by atoms with van der Waals surface area (Å²) in [4.78, 5) is 16.6. The number of benzene rings is 2. The number of hydrogen-bond donors (Lipinski definition) is 1. The average Bonchev–Trinajstić information content (AvgIpc) is 3.64. The van der Waals surface area contributed by atoms with Gasteiger partial charge in [0, 0.05) is 18.2 Å². The Morgan fingerprint density at radius 1 is 1.12 bits per heavy atom. The van der Waals surface area contributed by atoms with Crippen LogP contribution < -0.4 is 27.2 Å². The predicted molar refractivity (Wildman–Crippen MR) is 127 cm³/mol. The first-order valence-corrected chi connectivity index (χ1v) is 12.7. The van der Waals surface area contributed by atoms with Crippen LogP contribution in [0.3, 0.4) is 0 Å². The van der Waals surface area contributed by atoms with Crippen molar-refractivity contribution in [3.63, 3.8) is 0 Å². The van der Waals surface area contributed by atoms with Crippen LogP contribution in [0.25, 0.3) is 0 Å². The van der Waals surface area contributed by atoms with Crippen LogP contribution in [-0.2, 0) is 10.2 Å². The molecule has 0 aromatic heterocycles. The number of ether oxygens (including phenoxy) is 2. The summed E-state index contributed by atoms with van der Waals surface area (Å²) in [6, 6.07) is 17.5. The van der Waals surface area contributed by atoms with Crippen LogP contribution in [0, 0.1) is 11.8 Å². The van der Waals surface area contributed by atoms with Gasteiger partial charge in [-0.1, -0.05) is 42.5 Å². The number of fused-ring (bicyclic) bond motifs is 2. The molecular formula is C28H35ClN2O3. The van der Waals surface area contributed by atoms with E-state index in [4.69, 9.17) is 9.47 Å². The van der Waals surface area contributed by atoms with E-state index >= 15 is 0 Å². The number of likely N-dealkylation sites (tertiary alicyclic amines) is 1. The number of amides is 1. The van der Waals surface area contributed by atoms with Gasteiger partial charge in [-0.15, -0.1) is 0 Å². The lowest BCUT2D eigenvalue weighted by molar-refractivity contribution is -0.640. The number of quaternary nitrogens is 1. The van der Waals surface area contributed by atoms with Crippen LogP contribution in [0.15, 0.2) is 48.5 Å². The van der Waals surface area contributed by atoms with E-state index in [0.717, 1.165) is 50.4 Å². The third-order valence-corrected chi connectivity index (χ3v) is 8.77. The molecule has 0 unspecified atom stereocenters. The molecule has 3 fully saturated rings. The van der Waals surface area contributed by atoms with Gasteiger partial charge in [-0.25, -0.2) is 0 Å². The molecule has 2 N–H and O–H groups in total. The van der Waals surface area contributed by atoms with E-state index in [1.807, 2.05) is 12.1 Å². The normalized spacial score (nSPS) is 30.3. The van der Waals surface area contributed by atoms with Gasteiger partial charge >= 0.3 is 0 Å². The van der Waals surface area contributed by atoms with Crippen molar-refractivity contribution in [3.05, 3.63) is 59.7 Å². The molecule has 3 heterocycles. The van der Waals surface area contributed by atoms with Crippen molar-refractivity contribution in [2.45, 2.75) is 49.5 Å². The second-order valence-corrected chi connectivity index (χ2v) is 10.4. The maximum Gasteiger partial charge on any atom is 0.232 e. The Morgan fingerprint density at radius 3 is 2.71 bits per heavy atom. The Kier molecular flexibility index (Phi) is 6.51. The lowest BCUT2D eigenvalue weighted by atomic mass is 9.68. The first-order chi connectivity index (χ1) is 16.2. The summed E-state index contributed by atoms with van der Waals surface area (Å²) in [6.45, 7) is 3.34. The van der Waals surface area contributed by atoms with Gasteiger partial charge in [0.25, 0.3) is 0 Å². The molecule has 1 amide bonds. The molecule has 6 heteroatoms. The number of nitrogens with two attached hydrogens (primary N) is 1. The highest BCUT2D eigenvalue weighted by Gasteiger charge is 2.56. The van der Waals surface area contributed by atoms with E-state index in [1.165, 1.54) is 24.0 Å². The number of halogens is 1. The van der Waals surface area contributed by atoms with Crippen molar-refractivity contribution < 1.29 is 32.0 Å². The number of hydrogen-bond acceptors (Lipinski definition) is 3. The molecule has 6 rings (SSSR count). The minimum absolute atomic E-state index is 0. The second kappa shape index (κ2) is 9.43. The van der Waals surface area contributed by atoms with Crippen molar-refractivity contribution in [1.82, 2.24) is 4.90 Å². The molecule has 4 aliphatic rings. The van der Waals surface area contributed by atoms with Crippen molar-refractivity contribution in [3.8, 4) is 11.5 Å². The zero-order valence-electron chi connectivity index (χ0n) is 19.9. The van der Waals surface area contributed by atoms with Gasteiger partial charge in [0.05, 0.1) is 32.2 Å². The third kappa shape index (κ3) is 3.87. The van der Waals surface area contributed by atoms with Crippen LogP contribution >= 0.6 is 0 Å². The second-order valence-electron chi connectivity index (χ2n) is 10.4. The van der Waals surface area contributed by atoms with Gasteiger partial charge in [-0.3, -0.25) is 4.79 Å². The van der Waals surface area contributed by atoms with E-state index in [0.29, 0.717) is 30.4 Å². The molecule has 182 valence electrons. The molecular weight excluding hydrogens is 448 g/mol. The minimum Gasteiger partial charge on any atom is -1.00 e. The largest absolute Gasteiger partial charge is 1.00 e. The van der Waals surface area contributed by atoms with Gasteiger partial charge in [0.2, 0.25) is 5.91 Å². The number of rotatable bonds is 4. The Morgan fingerprint density at radius 2 is 1.94 bits per heavy atom. The Balaban J connectivity index is 0.00000241. The van der Waals surface area contributed by atoms with Gasteiger partial charge < -0.3 is 32.1 Å². The highest BCUT2D eigenvalue weighted by molar-refractivity contribution is 5.82. The van der Waals surface area contributed by atoms with Crippen LogP contribution in [-0.4, -0.2) is 50.2 Å². The molecule has 0 radical (unpaired) electrons. The molecule has 2 aromatic rings. The number of piperidine rings is 1. The number of methoxy groups -OCH3 is 1. The Labute approximate surface area is 208 Å². The van der Waals surface area contributed by atoms with Crippen LogP contribution in [0.1, 0.15) is 49.1 Å². The van der Waals surface area contributed by atoms with E-state index in [2.05, 4.69) is 46.6 Å². The number of nitrogens with zero attached hydrogens (tertiary/aromatic N) is 1. The quantitative estimate of drug-likeness (QED) is 0.672. The third-order valence-electron chi connectivity index (χ3n) is 8.77. The molecule has 1 saturated carbocycles. The molecule has 3 aliphatic heterocycles. The zero-order chi connectivity index (χ0) is 22.4. The smallest absolute Gasteiger partial charge is 0.232 e. The number of para-hydroxylation sites is 1. The number of carbonyl (C=O) groups is 1.